The van der Waals surface area contributed by atoms with Crippen molar-refractivity contribution in [3.63, 3.8) is 0 Å². The van der Waals surface area contributed by atoms with E-state index in [0.29, 0.717) is 12.6 Å². The van der Waals surface area contributed by atoms with Crippen LogP contribution in [0, 0.1) is 0 Å². The van der Waals surface area contributed by atoms with E-state index in [4.69, 9.17) is 0 Å². The SMILES string of the molecule is OCCC1CSCCN1Cc1cccc2c1NCC2. The smallest absolute Gasteiger partial charge is 0.0446 e. The molecule has 0 amide bonds. The van der Waals surface area contributed by atoms with E-state index in [1.807, 2.05) is 11.8 Å². The molecule has 1 saturated heterocycles. The molecule has 1 aromatic carbocycles. The van der Waals surface area contributed by atoms with Crippen LogP contribution in [0.2, 0.25) is 0 Å². The van der Waals surface area contributed by atoms with Crippen LogP contribution in [-0.4, -0.2) is 47.3 Å². The maximum atomic E-state index is 9.21. The number of fused-ring (bicyclic) bond motifs is 1. The van der Waals surface area contributed by atoms with Gasteiger partial charge in [-0.25, -0.2) is 0 Å². The first-order valence-electron chi connectivity index (χ1n) is 7.16. The van der Waals surface area contributed by atoms with Gasteiger partial charge >= 0.3 is 0 Å². The second-order valence-electron chi connectivity index (χ2n) is 5.34. The third kappa shape index (κ3) is 2.91. The fourth-order valence-electron chi connectivity index (χ4n) is 3.07. The number of rotatable bonds is 4. The van der Waals surface area contributed by atoms with Gasteiger partial charge in [0.1, 0.15) is 0 Å². The predicted molar refractivity (Wildman–Crippen MR) is 81.9 cm³/mol. The monoisotopic (exact) mass is 278 g/mol. The Balaban J connectivity index is 1.74. The summed E-state index contributed by atoms with van der Waals surface area (Å²) in [5, 5.41) is 12.7. The standard InChI is InChI=1S/C15H22N2OS/c18-8-5-14-11-19-9-7-17(14)10-13-3-1-2-12-4-6-16-15(12)13/h1-3,14,16,18H,4-11H2. The van der Waals surface area contributed by atoms with Gasteiger partial charge in [0.15, 0.2) is 0 Å². The number of aliphatic hydroxyl groups excluding tert-OH is 1. The van der Waals surface area contributed by atoms with Crippen LogP contribution in [0.3, 0.4) is 0 Å². The lowest BCUT2D eigenvalue weighted by Gasteiger charge is -2.35. The largest absolute Gasteiger partial charge is 0.396 e. The highest BCUT2D eigenvalue weighted by molar-refractivity contribution is 7.99. The first-order valence-corrected chi connectivity index (χ1v) is 8.31. The summed E-state index contributed by atoms with van der Waals surface area (Å²) >= 11 is 2.01. The van der Waals surface area contributed by atoms with Gasteiger partial charge in [-0.1, -0.05) is 18.2 Å². The third-order valence-corrected chi connectivity index (χ3v) is 5.21. The molecule has 1 atom stereocenters. The van der Waals surface area contributed by atoms with E-state index in [-0.39, 0.29) is 0 Å². The molecule has 0 bridgehead atoms. The Hall–Kier alpha value is -0.710. The Morgan fingerprint density at radius 3 is 3.26 bits per heavy atom. The van der Waals surface area contributed by atoms with Gasteiger partial charge in [0.2, 0.25) is 0 Å². The average molecular weight is 278 g/mol. The van der Waals surface area contributed by atoms with Crippen LogP contribution in [0.15, 0.2) is 18.2 Å². The van der Waals surface area contributed by atoms with E-state index < -0.39 is 0 Å². The molecule has 0 radical (unpaired) electrons. The minimum Gasteiger partial charge on any atom is -0.396 e. The fraction of sp³-hybridized carbons (Fsp3) is 0.600. The van der Waals surface area contributed by atoms with E-state index in [0.717, 1.165) is 38.2 Å². The van der Waals surface area contributed by atoms with Crippen molar-refractivity contribution in [1.82, 2.24) is 4.90 Å². The van der Waals surface area contributed by atoms with Gasteiger partial charge in [-0.2, -0.15) is 11.8 Å². The predicted octanol–water partition coefficient (Wildman–Crippen LogP) is 1.95. The Morgan fingerprint density at radius 1 is 1.42 bits per heavy atom. The van der Waals surface area contributed by atoms with E-state index in [2.05, 4.69) is 28.4 Å². The highest BCUT2D eigenvalue weighted by Gasteiger charge is 2.24. The second kappa shape index (κ2) is 6.16. The molecule has 2 aliphatic heterocycles. The minimum atomic E-state index is 0.298. The lowest BCUT2D eigenvalue weighted by Crippen LogP contribution is -2.42. The molecule has 2 N–H and O–H groups in total. The molecule has 1 aromatic rings. The molecular weight excluding hydrogens is 256 g/mol. The third-order valence-electron chi connectivity index (χ3n) is 4.12. The summed E-state index contributed by atoms with van der Waals surface area (Å²) in [6.45, 7) is 3.52. The molecule has 104 valence electrons. The molecular formula is C15H22N2OS. The van der Waals surface area contributed by atoms with Crippen LogP contribution in [0.4, 0.5) is 5.69 Å². The van der Waals surface area contributed by atoms with Gasteiger partial charge in [0.05, 0.1) is 0 Å². The van der Waals surface area contributed by atoms with E-state index in [1.54, 1.807) is 0 Å². The second-order valence-corrected chi connectivity index (χ2v) is 6.49. The van der Waals surface area contributed by atoms with E-state index >= 15 is 0 Å². The van der Waals surface area contributed by atoms with Crippen LogP contribution >= 0.6 is 11.8 Å². The fourth-order valence-corrected chi connectivity index (χ4v) is 4.25. The van der Waals surface area contributed by atoms with Crippen molar-refractivity contribution in [3.8, 4) is 0 Å². The van der Waals surface area contributed by atoms with Crippen molar-refractivity contribution in [2.45, 2.75) is 25.4 Å². The van der Waals surface area contributed by atoms with Gasteiger partial charge in [-0.3, -0.25) is 4.90 Å². The molecule has 3 nitrogen and oxygen atoms in total. The summed E-state index contributed by atoms with van der Waals surface area (Å²) in [6, 6.07) is 7.19. The first kappa shape index (κ1) is 13.3. The van der Waals surface area contributed by atoms with Crippen LogP contribution in [-0.2, 0) is 13.0 Å². The van der Waals surface area contributed by atoms with Crippen molar-refractivity contribution in [1.29, 1.82) is 0 Å². The molecule has 0 spiro atoms. The zero-order valence-electron chi connectivity index (χ0n) is 11.3. The van der Waals surface area contributed by atoms with E-state index in [1.165, 1.54) is 22.6 Å². The Labute approximate surface area is 119 Å². The summed E-state index contributed by atoms with van der Waals surface area (Å²) < 4.78 is 0. The van der Waals surface area contributed by atoms with Gasteiger partial charge in [-0.05, 0) is 24.0 Å². The maximum Gasteiger partial charge on any atom is 0.0446 e. The normalized spacial score (nSPS) is 23.1. The summed E-state index contributed by atoms with van der Waals surface area (Å²) in [5.74, 6) is 2.37. The van der Waals surface area contributed by atoms with Crippen LogP contribution < -0.4 is 5.32 Å². The lowest BCUT2D eigenvalue weighted by molar-refractivity contribution is 0.167. The maximum absolute atomic E-state index is 9.21. The van der Waals surface area contributed by atoms with Crippen molar-refractivity contribution in [2.75, 3.05) is 36.5 Å². The number of anilines is 1. The molecule has 2 heterocycles. The average Bonchev–Trinajstić information content (AvgIpc) is 2.91. The summed E-state index contributed by atoms with van der Waals surface area (Å²) in [4.78, 5) is 2.54. The number of nitrogens with zero attached hydrogens (tertiary/aromatic N) is 1. The topological polar surface area (TPSA) is 35.5 Å². The van der Waals surface area contributed by atoms with Crippen molar-refractivity contribution >= 4 is 17.4 Å². The zero-order valence-corrected chi connectivity index (χ0v) is 12.1. The Kier molecular flexibility index (Phi) is 4.31. The minimum absolute atomic E-state index is 0.298. The number of para-hydroxylation sites is 1. The molecule has 0 aliphatic carbocycles. The quantitative estimate of drug-likeness (QED) is 0.882. The van der Waals surface area contributed by atoms with Crippen LogP contribution in [0.25, 0.3) is 0 Å². The first-order chi connectivity index (χ1) is 9.38. The van der Waals surface area contributed by atoms with Gasteiger partial charge in [0.25, 0.3) is 0 Å². The lowest BCUT2D eigenvalue weighted by atomic mass is 10.1. The summed E-state index contributed by atoms with van der Waals surface area (Å²) in [7, 11) is 0. The number of nitrogens with one attached hydrogen (secondary N) is 1. The molecule has 2 aliphatic rings. The Morgan fingerprint density at radius 2 is 2.37 bits per heavy atom. The molecule has 1 unspecified atom stereocenters. The summed E-state index contributed by atoms with van der Waals surface area (Å²) in [5.41, 5.74) is 4.25. The number of benzene rings is 1. The highest BCUT2D eigenvalue weighted by atomic mass is 32.2. The van der Waals surface area contributed by atoms with Crippen molar-refractivity contribution in [2.24, 2.45) is 0 Å². The van der Waals surface area contributed by atoms with Gasteiger partial charge in [0, 0.05) is 49.5 Å². The van der Waals surface area contributed by atoms with Crippen molar-refractivity contribution in [3.05, 3.63) is 29.3 Å². The van der Waals surface area contributed by atoms with Crippen molar-refractivity contribution < 1.29 is 5.11 Å². The van der Waals surface area contributed by atoms with E-state index in [9.17, 15) is 5.11 Å². The number of thioether (sulfide) groups is 1. The molecule has 19 heavy (non-hydrogen) atoms. The van der Waals surface area contributed by atoms with Gasteiger partial charge in [-0.15, -0.1) is 0 Å². The number of hydrogen-bond donors (Lipinski definition) is 2. The highest BCUT2D eigenvalue weighted by Crippen LogP contribution is 2.29. The molecule has 4 heteroatoms. The van der Waals surface area contributed by atoms with Gasteiger partial charge < -0.3 is 10.4 Å². The number of hydrogen-bond acceptors (Lipinski definition) is 4. The summed E-state index contributed by atoms with van der Waals surface area (Å²) in [6.07, 6.45) is 2.05. The van der Waals surface area contributed by atoms with Crippen LogP contribution in [0.5, 0.6) is 0 Å². The Bertz CT molecular complexity index is 436. The molecule has 0 aromatic heterocycles. The number of aliphatic hydroxyl groups is 1. The van der Waals surface area contributed by atoms with Crippen LogP contribution in [0.1, 0.15) is 17.5 Å². The molecule has 3 rings (SSSR count). The molecule has 1 fully saturated rings. The molecule has 0 saturated carbocycles. The zero-order chi connectivity index (χ0) is 13.1.